The molecule has 6 aliphatic rings. The second-order valence-electron chi connectivity index (χ2n) is 16.3. The van der Waals surface area contributed by atoms with Crippen LogP contribution in [0, 0.1) is 46.8 Å². The van der Waals surface area contributed by atoms with Crippen molar-refractivity contribution < 1.29 is 20.4 Å². The Hall–Kier alpha value is -3.61. The second kappa shape index (κ2) is 13.7. The van der Waals surface area contributed by atoms with Gasteiger partial charge < -0.3 is 36.0 Å². The van der Waals surface area contributed by atoms with Gasteiger partial charge >= 0.3 is 0 Å². The fourth-order valence-electron chi connectivity index (χ4n) is 11.2. The number of benzene rings is 2. The van der Waals surface area contributed by atoms with E-state index < -0.39 is 23.3 Å². The predicted octanol–water partition coefficient (Wildman–Crippen LogP) is 4.88. The average Bonchev–Trinajstić information content (AvgIpc) is 3.61. The molecule has 0 aliphatic heterocycles. The molecule has 0 radical (unpaired) electrons. The van der Waals surface area contributed by atoms with Crippen LogP contribution in [0.15, 0.2) is 77.3 Å². The van der Waals surface area contributed by atoms with E-state index in [1.807, 2.05) is 25.1 Å². The number of nitrogens with zero attached hydrogens (tertiary/aromatic N) is 1. The van der Waals surface area contributed by atoms with Gasteiger partial charge in [0.1, 0.15) is 0 Å². The van der Waals surface area contributed by atoms with Gasteiger partial charge in [0, 0.05) is 55.1 Å². The number of aliphatic hydroxyl groups excluding tert-OH is 2. The lowest BCUT2D eigenvalue weighted by molar-refractivity contribution is -0.126. The van der Waals surface area contributed by atoms with E-state index in [4.69, 9.17) is 4.99 Å². The second-order valence-corrected chi connectivity index (χ2v) is 16.3. The van der Waals surface area contributed by atoms with Crippen LogP contribution < -0.4 is 10.6 Å². The molecule has 7 N–H and O–H groups in total. The Balaban J connectivity index is 1.18. The zero-order chi connectivity index (χ0) is 35.2. The Morgan fingerprint density at radius 1 is 1.00 bits per heavy atom. The first-order valence-corrected chi connectivity index (χ1v) is 19.3. The summed E-state index contributed by atoms with van der Waals surface area (Å²) >= 11 is 0. The largest absolute Gasteiger partial charge is 0.396 e. The molecule has 9 rings (SSSR count). The van der Waals surface area contributed by atoms with Gasteiger partial charge in [-0.3, -0.25) is 4.99 Å². The average molecular weight is 691 g/mol. The van der Waals surface area contributed by atoms with Gasteiger partial charge in [-0.05, 0) is 105 Å². The third-order valence-corrected chi connectivity index (χ3v) is 13.6. The van der Waals surface area contributed by atoms with Crippen LogP contribution in [-0.4, -0.2) is 74.4 Å². The Morgan fingerprint density at radius 2 is 1.82 bits per heavy atom. The van der Waals surface area contributed by atoms with Gasteiger partial charge in [0.2, 0.25) is 0 Å². The lowest BCUT2D eigenvalue weighted by Crippen LogP contribution is -2.56. The molecule has 270 valence electrons. The van der Waals surface area contributed by atoms with E-state index in [0.29, 0.717) is 31.9 Å². The number of aliphatic hydroxyl groups is 4. The number of nitrogens with one attached hydrogen (secondary N) is 3. The standard InChI is InChI=1S/C43H54N4O4/c1-41(50)32-16-18-35-39-36(41)25-38(49)43(39,51)27-33(47-40(44-20-8-22-48)45-21-19-28-9-3-2-4-10-28)17-15-30-12-7-13-31(42(30,35)26-32)24-34-23-29-11-5-6-14-37(29)46-34/h2-6,9-11,13-14,23,30,32-33,35-36,38-39,46,48-51H,7-8,12,16,18-22,24-27H2,1H3,(H2,44,45,47)/t30-,32-,33-,35-,36+,38+,39+,41-,42+,43+/m1/s1. The van der Waals surface area contributed by atoms with Crippen LogP contribution >= 0.6 is 0 Å². The molecule has 1 spiro atoms. The number of H-pyrrole nitrogens is 1. The van der Waals surface area contributed by atoms with Crippen molar-refractivity contribution in [2.24, 2.45) is 40.0 Å². The Labute approximate surface area is 301 Å². The number of allylic oxidation sites excluding steroid dienone is 2. The first-order chi connectivity index (χ1) is 24.7. The zero-order valence-electron chi connectivity index (χ0n) is 29.8. The SMILES string of the molecule is C[C@@]1(O)[C@@H]2CC[C@@H]3[C@H]4[C@@H]1C[C@H](O)[C@@]4(O)C[C@H](NC(=NCCCO)NCCc1ccccc1)C#C[C@H]1CCC=C(Cc4cc5ccccc5[nH]4)[C@@]31C2. The van der Waals surface area contributed by atoms with Gasteiger partial charge in [-0.1, -0.05) is 72.0 Å². The van der Waals surface area contributed by atoms with Crippen molar-refractivity contribution in [3.8, 4) is 11.8 Å². The molecule has 0 unspecified atom stereocenters. The Kier molecular flexibility index (Phi) is 9.29. The van der Waals surface area contributed by atoms with E-state index in [1.165, 1.54) is 22.2 Å². The van der Waals surface area contributed by atoms with Gasteiger partial charge in [0.15, 0.2) is 5.96 Å². The maximum Gasteiger partial charge on any atom is 0.192 e. The summed E-state index contributed by atoms with van der Waals surface area (Å²) in [5.74, 6) is 7.78. The highest BCUT2D eigenvalue weighted by Gasteiger charge is 2.70. The first-order valence-electron chi connectivity index (χ1n) is 19.3. The number of rotatable bonds is 9. The molecule has 8 heteroatoms. The molecular weight excluding hydrogens is 636 g/mol. The number of aliphatic imine (C=N–C) groups is 1. The lowest BCUT2D eigenvalue weighted by atomic mass is 9.49. The van der Waals surface area contributed by atoms with Gasteiger partial charge in [-0.15, -0.1) is 0 Å². The lowest BCUT2D eigenvalue weighted by Gasteiger charge is -2.55. The summed E-state index contributed by atoms with van der Waals surface area (Å²) < 4.78 is 0. The molecule has 2 aromatic carbocycles. The maximum absolute atomic E-state index is 13.0. The summed E-state index contributed by atoms with van der Waals surface area (Å²) in [4.78, 5) is 8.47. The highest BCUT2D eigenvalue weighted by Crippen LogP contribution is 2.70. The van der Waals surface area contributed by atoms with E-state index in [9.17, 15) is 20.4 Å². The topological polar surface area (TPSA) is 133 Å². The predicted molar refractivity (Wildman–Crippen MR) is 201 cm³/mol. The van der Waals surface area contributed by atoms with Crippen molar-refractivity contribution in [2.75, 3.05) is 19.7 Å². The third-order valence-electron chi connectivity index (χ3n) is 13.6. The van der Waals surface area contributed by atoms with E-state index in [0.717, 1.165) is 50.5 Å². The summed E-state index contributed by atoms with van der Waals surface area (Å²) in [5.41, 5.74) is 2.17. The molecule has 0 saturated heterocycles. The molecule has 8 nitrogen and oxygen atoms in total. The minimum absolute atomic E-state index is 0.0550. The zero-order valence-corrected chi connectivity index (χ0v) is 29.8. The molecule has 4 fully saturated rings. The number of aromatic amines is 1. The van der Waals surface area contributed by atoms with E-state index >= 15 is 0 Å². The number of para-hydroxylation sites is 1. The number of aromatic nitrogens is 1. The molecule has 1 aromatic heterocycles. The van der Waals surface area contributed by atoms with E-state index in [-0.39, 0.29) is 48.0 Å². The van der Waals surface area contributed by atoms with Crippen LogP contribution in [0.1, 0.15) is 69.5 Å². The molecule has 4 saturated carbocycles. The highest BCUT2D eigenvalue weighted by atomic mass is 16.3. The minimum atomic E-state index is -1.43. The monoisotopic (exact) mass is 690 g/mol. The van der Waals surface area contributed by atoms with Gasteiger partial charge in [-0.25, -0.2) is 0 Å². The Morgan fingerprint density at radius 3 is 2.65 bits per heavy atom. The summed E-state index contributed by atoms with van der Waals surface area (Å²) in [7, 11) is 0. The molecule has 0 amide bonds. The molecule has 6 aliphatic carbocycles. The van der Waals surface area contributed by atoms with Crippen molar-refractivity contribution in [3.05, 3.63) is 83.6 Å². The van der Waals surface area contributed by atoms with Crippen molar-refractivity contribution in [2.45, 2.75) is 94.5 Å². The summed E-state index contributed by atoms with van der Waals surface area (Å²) in [6.45, 7) is 3.16. The summed E-state index contributed by atoms with van der Waals surface area (Å²) in [6, 6.07) is 20.5. The van der Waals surface area contributed by atoms with Crippen LogP contribution in [0.25, 0.3) is 10.9 Å². The van der Waals surface area contributed by atoms with Crippen LogP contribution in [0.4, 0.5) is 0 Å². The molecule has 51 heavy (non-hydrogen) atoms. The number of guanidine groups is 1. The maximum atomic E-state index is 13.0. The van der Waals surface area contributed by atoms with Gasteiger partial charge in [-0.2, -0.15) is 0 Å². The summed E-state index contributed by atoms with van der Waals surface area (Å²) in [5, 5.41) is 55.2. The van der Waals surface area contributed by atoms with Crippen molar-refractivity contribution in [1.82, 2.24) is 15.6 Å². The molecule has 3 aromatic rings. The number of hydrogen-bond acceptors (Lipinski definition) is 5. The van der Waals surface area contributed by atoms with Crippen molar-refractivity contribution >= 4 is 16.9 Å². The number of hydrogen-bond donors (Lipinski definition) is 7. The quantitative estimate of drug-likeness (QED) is 0.0564. The van der Waals surface area contributed by atoms with Crippen LogP contribution in [-0.2, 0) is 12.8 Å². The number of fused-ring (bicyclic) bond motifs is 2. The molecule has 1 heterocycles. The minimum Gasteiger partial charge on any atom is -0.396 e. The fourth-order valence-corrected chi connectivity index (χ4v) is 11.2. The summed E-state index contributed by atoms with van der Waals surface area (Å²) in [6.07, 6.45) is 8.81. The third kappa shape index (κ3) is 6.10. The van der Waals surface area contributed by atoms with Gasteiger partial charge in [0.05, 0.1) is 23.3 Å². The molecular formula is C43H54N4O4. The van der Waals surface area contributed by atoms with E-state index in [1.54, 1.807) is 0 Å². The smallest absolute Gasteiger partial charge is 0.192 e. The van der Waals surface area contributed by atoms with Crippen LogP contribution in [0.2, 0.25) is 0 Å². The molecule has 4 bridgehead atoms. The fraction of sp³-hybridized carbons (Fsp3) is 0.558. The van der Waals surface area contributed by atoms with Crippen molar-refractivity contribution in [1.29, 1.82) is 0 Å². The van der Waals surface area contributed by atoms with Gasteiger partial charge in [0.25, 0.3) is 0 Å². The first kappa shape index (κ1) is 34.5. The van der Waals surface area contributed by atoms with E-state index in [2.05, 4.69) is 76.0 Å². The normalized spacial score (nSPS) is 36.9. The van der Waals surface area contributed by atoms with Crippen LogP contribution in [0.3, 0.4) is 0 Å². The van der Waals surface area contributed by atoms with Crippen LogP contribution in [0.5, 0.6) is 0 Å². The highest BCUT2D eigenvalue weighted by molar-refractivity contribution is 5.81. The Bertz CT molecular complexity index is 1810. The molecule has 10 atom stereocenters. The van der Waals surface area contributed by atoms with Crippen molar-refractivity contribution in [3.63, 3.8) is 0 Å².